The Labute approximate surface area is 119 Å². The zero-order valence-electron chi connectivity index (χ0n) is 9.71. The molecule has 0 saturated heterocycles. The zero-order chi connectivity index (χ0) is 14.9. The number of hydrogen-bond acceptors (Lipinski definition) is 2. The predicted molar refractivity (Wildman–Crippen MR) is 66.8 cm³/mol. The lowest BCUT2D eigenvalue weighted by molar-refractivity contribution is -0.137. The minimum Gasteiger partial charge on any atom is -0.288 e. The lowest BCUT2D eigenvalue weighted by Gasteiger charge is -2.10. The molecule has 0 unspecified atom stereocenters. The van der Waals surface area contributed by atoms with Crippen molar-refractivity contribution >= 4 is 21.7 Å². The van der Waals surface area contributed by atoms with Gasteiger partial charge in [0, 0.05) is 16.2 Å². The summed E-state index contributed by atoms with van der Waals surface area (Å²) in [4.78, 5) is 15.6. The molecule has 7 heteroatoms. The van der Waals surface area contributed by atoms with Crippen LogP contribution in [-0.2, 0) is 6.18 Å². The first-order chi connectivity index (χ1) is 9.30. The number of benzene rings is 1. The summed E-state index contributed by atoms with van der Waals surface area (Å²) in [6.45, 7) is 0. The molecule has 0 bridgehead atoms. The average molecular weight is 348 g/mol. The van der Waals surface area contributed by atoms with Crippen molar-refractivity contribution in [3.8, 4) is 0 Å². The number of carbonyl (C=O) groups excluding carboxylic acids is 1. The highest BCUT2D eigenvalue weighted by molar-refractivity contribution is 9.10. The number of pyridine rings is 1. The zero-order valence-corrected chi connectivity index (χ0v) is 11.3. The third-order valence-corrected chi connectivity index (χ3v) is 3.25. The fourth-order valence-electron chi connectivity index (χ4n) is 1.58. The molecular weight excluding hydrogens is 342 g/mol. The van der Waals surface area contributed by atoms with Crippen LogP contribution < -0.4 is 0 Å². The van der Waals surface area contributed by atoms with Crippen LogP contribution in [0.15, 0.2) is 41.1 Å². The lowest BCUT2D eigenvalue weighted by atomic mass is 10.0. The van der Waals surface area contributed by atoms with Gasteiger partial charge in [0.2, 0.25) is 0 Å². The Morgan fingerprint density at radius 2 is 1.85 bits per heavy atom. The molecule has 1 heterocycles. The smallest absolute Gasteiger partial charge is 0.288 e. The number of nitrogens with zero attached hydrogens (tertiary/aromatic N) is 1. The minimum absolute atomic E-state index is 0.159. The van der Waals surface area contributed by atoms with Crippen LogP contribution in [0.4, 0.5) is 17.6 Å². The fourth-order valence-corrected chi connectivity index (χ4v) is 2.01. The molecule has 1 aromatic carbocycles. The van der Waals surface area contributed by atoms with Crippen LogP contribution in [0.1, 0.15) is 21.5 Å². The van der Waals surface area contributed by atoms with Crippen LogP contribution in [0.2, 0.25) is 0 Å². The summed E-state index contributed by atoms with van der Waals surface area (Å²) in [6.07, 6.45) is -2.56. The molecule has 0 radical (unpaired) electrons. The first-order valence-corrected chi connectivity index (χ1v) is 6.11. The number of hydrogen-bond donors (Lipinski definition) is 0. The van der Waals surface area contributed by atoms with Crippen LogP contribution in [-0.4, -0.2) is 10.8 Å². The quantitative estimate of drug-likeness (QED) is 0.601. The van der Waals surface area contributed by atoms with Crippen molar-refractivity contribution in [3.63, 3.8) is 0 Å². The van der Waals surface area contributed by atoms with Crippen LogP contribution in [0.25, 0.3) is 0 Å². The van der Waals surface area contributed by atoms with Crippen LogP contribution in [0.5, 0.6) is 0 Å². The summed E-state index contributed by atoms with van der Waals surface area (Å²) >= 11 is 2.99. The van der Waals surface area contributed by atoms with Gasteiger partial charge in [0.1, 0.15) is 0 Å². The van der Waals surface area contributed by atoms with Crippen molar-refractivity contribution in [3.05, 3.63) is 63.6 Å². The Hall–Kier alpha value is -1.76. The van der Waals surface area contributed by atoms with E-state index in [1.54, 1.807) is 0 Å². The molecule has 20 heavy (non-hydrogen) atoms. The SMILES string of the molecule is O=C(c1ccncc1F)c1cc(C(F)(F)F)ccc1Br. The van der Waals surface area contributed by atoms with E-state index < -0.39 is 23.3 Å². The van der Waals surface area contributed by atoms with E-state index >= 15 is 0 Å². The van der Waals surface area contributed by atoms with E-state index in [0.29, 0.717) is 6.07 Å². The van der Waals surface area contributed by atoms with Gasteiger partial charge in [-0.1, -0.05) is 15.9 Å². The maximum absolute atomic E-state index is 13.5. The van der Waals surface area contributed by atoms with Gasteiger partial charge >= 0.3 is 6.18 Å². The maximum Gasteiger partial charge on any atom is 0.416 e. The molecule has 1 aromatic heterocycles. The molecule has 0 atom stereocenters. The monoisotopic (exact) mass is 347 g/mol. The van der Waals surface area contributed by atoms with Gasteiger partial charge in [-0.25, -0.2) is 4.39 Å². The molecule has 2 nitrogen and oxygen atoms in total. The summed E-state index contributed by atoms with van der Waals surface area (Å²) in [7, 11) is 0. The van der Waals surface area contributed by atoms with E-state index in [0.717, 1.165) is 24.4 Å². The maximum atomic E-state index is 13.5. The van der Waals surface area contributed by atoms with Gasteiger partial charge in [-0.2, -0.15) is 13.2 Å². The number of rotatable bonds is 2. The third kappa shape index (κ3) is 2.87. The molecule has 0 N–H and O–H groups in total. The molecule has 2 aromatic rings. The Kier molecular flexibility index (Phi) is 3.89. The second-order valence-corrected chi connectivity index (χ2v) is 4.73. The summed E-state index contributed by atoms with van der Waals surface area (Å²) < 4.78 is 51.5. The van der Waals surface area contributed by atoms with E-state index in [1.807, 2.05) is 0 Å². The van der Waals surface area contributed by atoms with E-state index in [2.05, 4.69) is 20.9 Å². The van der Waals surface area contributed by atoms with Gasteiger partial charge in [-0.05, 0) is 24.3 Å². The van der Waals surface area contributed by atoms with Gasteiger partial charge < -0.3 is 0 Å². The summed E-state index contributed by atoms with van der Waals surface area (Å²) in [6, 6.07) is 3.75. The summed E-state index contributed by atoms with van der Waals surface area (Å²) in [5, 5.41) is 0. The van der Waals surface area contributed by atoms with Crippen molar-refractivity contribution in [2.24, 2.45) is 0 Å². The largest absolute Gasteiger partial charge is 0.416 e. The second kappa shape index (κ2) is 5.32. The highest BCUT2D eigenvalue weighted by Crippen LogP contribution is 2.32. The Bertz CT molecular complexity index is 670. The van der Waals surface area contributed by atoms with E-state index in [-0.39, 0.29) is 15.6 Å². The molecule has 0 amide bonds. The normalized spacial score (nSPS) is 11.4. The highest BCUT2D eigenvalue weighted by atomic mass is 79.9. The molecule has 0 aliphatic carbocycles. The van der Waals surface area contributed by atoms with E-state index in [1.165, 1.54) is 6.20 Å². The molecule has 0 saturated carbocycles. The third-order valence-electron chi connectivity index (χ3n) is 2.56. The molecule has 0 aliphatic rings. The summed E-state index contributed by atoms with van der Waals surface area (Å²) in [5.41, 5.74) is -1.57. The van der Waals surface area contributed by atoms with Crippen molar-refractivity contribution in [1.82, 2.24) is 4.98 Å². The van der Waals surface area contributed by atoms with Gasteiger partial charge in [0.05, 0.1) is 17.3 Å². The topological polar surface area (TPSA) is 30.0 Å². The van der Waals surface area contributed by atoms with Gasteiger partial charge in [-0.15, -0.1) is 0 Å². The number of aromatic nitrogens is 1. The van der Waals surface area contributed by atoms with Crippen LogP contribution in [0.3, 0.4) is 0 Å². The molecule has 0 fully saturated rings. The van der Waals surface area contributed by atoms with Gasteiger partial charge in [0.25, 0.3) is 0 Å². The fraction of sp³-hybridized carbons (Fsp3) is 0.0769. The molecule has 0 spiro atoms. The number of ketones is 1. The Morgan fingerprint density at radius 1 is 1.15 bits per heavy atom. The van der Waals surface area contributed by atoms with Crippen molar-refractivity contribution in [2.45, 2.75) is 6.18 Å². The van der Waals surface area contributed by atoms with Crippen LogP contribution >= 0.6 is 15.9 Å². The van der Waals surface area contributed by atoms with Crippen molar-refractivity contribution in [1.29, 1.82) is 0 Å². The Balaban J connectivity index is 2.53. The van der Waals surface area contributed by atoms with Crippen molar-refractivity contribution < 1.29 is 22.4 Å². The van der Waals surface area contributed by atoms with Gasteiger partial charge in [0.15, 0.2) is 11.6 Å². The first-order valence-electron chi connectivity index (χ1n) is 5.31. The van der Waals surface area contributed by atoms with Crippen LogP contribution in [0, 0.1) is 5.82 Å². The first kappa shape index (κ1) is 14.6. The highest BCUT2D eigenvalue weighted by Gasteiger charge is 2.32. The predicted octanol–water partition coefficient (Wildman–Crippen LogP) is 4.23. The number of carbonyl (C=O) groups is 1. The standard InChI is InChI=1S/C13H6BrF4NO/c14-10-2-1-7(13(16,17)18)5-9(10)12(20)8-3-4-19-6-11(8)15/h1-6H. The minimum atomic E-state index is -4.58. The molecular formula is C13H6BrF4NO. The molecule has 2 rings (SSSR count). The van der Waals surface area contributed by atoms with E-state index in [9.17, 15) is 22.4 Å². The Morgan fingerprint density at radius 3 is 2.45 bits per heavy atom. The molecule has 104 valence electrons. The number of alkyl halides is 3. The van der Waals surface area contributed by atoms with Crippen molar-refractivity contribution in [2.75, 3.05) is 0 Å². The second-order valence-electron chi connectivity index (χ2n) is 3.88. The summed E-state index contributed by atoms with van der Waals surface area (Å²) in [5.74, 6) is -1.73. The van der Waals surface area contributed by atoms with Gasteiger partial charge in [-0.3, -0.25) is 9.78 Å². The number of halogens is 5. The molecule has 0 aliphatic heterocycles. The average Bonchev–Trinajstić information content (AvgIpc) is 2.37. The lowest BCUT2D eigenvalue weighted by Crippen LogP contribution is -2.10. The van der Waals surface area contributed by atoms with E-state index in [4.69, 9.17) is 0 Å².